The van der Waals surface area contributed by atoms with Gasteiger partial charge in [-0.1, -0.05) is 72.8 Å². The maximum Gasteiger partial charge on any atom is 0.119 e. The maximum absolute atomic E-state index is 9.96. The zero-order chi connectivity index (χ0) is 19.8. The molecule has 3 aromatic rings. The van der Waals surface area contributed by atoms with Gasteiger partial charge in [-0.05, 0) is 42.9 Å². The molecule has 0 N–H and O–H groups in total. The Kier molecular flexibility index (Phi) is 6.62. The summed E-state index contributed by atoms with van der Waals surface area (Å²) in [5.41, 5.74) is 4.51. The third kappa shape index (κ3) is 4.88. The lowest BCUT2D eigenvalue weighted by atomic mass is 9.90. The number of rotatable bonds is 7. The summed E-state index contributed by atoms with van der Waals surface area (Å²) in [6.45, 7) is 1.50. The van der Waals surface area contributed by atoms with Crippen LogP contribution in [0.2, 0.25) is 0 Å². The van der Waals surface area contributed by atoms with Gasteiger partial charge in [0.1, 0.15) is 18.4 Å². The van der Waals surface area contributed by atoms with Gasteiger partial charge in [0, 0.05) is 12.1 Å². The summed E-state index contributed by atoms with van der Waals surface area (Å²) >= 11 is 0. The minimum atomic E-state index is 0.640. The number of nitrogens with zero attached hydrogens (tertiary/aromatic N) is 2. The number of hydrogen-bond acceptors (Lipinski definition) is 3. The summed E-state index contributed by atoms with van der Waals surface area (Å²) in [6.07, 6.45) is 0. The molecule has 0 aliphatic rings. The highest BCUT2D eigenvalue weighted by Crippen LogP contribution is 2.32. The van der Waals surface area contributed by atoms with Crippen LogP contribution < -0.4 is 4.74 Å². The van der Waals surface area contributed by atoms with Gasteiger partial charge in [-0.25, -0.2) is 0 Å². The van der Waals surface area contributed by atoms with E-state index in [-0.39, 0.29) is 0 Å². The van der Waals surface area contributed by atoms with E-state index in [0.717, 1.165) is 34.6 Å². The van der Waals surface area contributed by atoms with Crippen molar-refractivity contribution in [3.05, 3.63) is 102 Å². The van der Waals surface area contributed by atoms with Gasteiger partial charge >= 0.3 is 0 Å². The maximum atomic E-state index is 9.96. The van der Waals surface area contributed by atoms with Crippen molar-refractivity contribution in [1.29, 1.82) is 5.26 Å². The van der Waals surface area contributed by atoms with Gasteiger partial charge in [-0.2, -0.15) is 5.26 Å². The van der Waals surface area contributed by atoms with Gasteiger partial charge in [-0.3, -0.25) is 0 Å². The molecular formula is C25H24N2O. The van der Waals surface area contributed by atoms with Crippen molar-refractivity contribution in [2.45, 2.75) is 0 Å². The van der Waals surface area contributed by atoms with E-state index in [4.69, 9.17) is 4.74 Å². The summed E-state index contributed by atoms with van der Waals surface area (Å²) in [6, 6.07) is 30.3. The monoisotopic (exact) mass is 368 g/mol. The molecule has 3 aromatic carbocycles. The molecule has 0 atom stereocenters. The van der Waals surface area contributed by atoms with Crippen LogP contribution in [-0.2, 0) is 0 Å². The number of likely N-dealkylation sites (N-methyl/N-ethyl adjacent to an activating group) is 1. The lowest BCUT2D eigenvalue weighted by Gasteiger charge is -2.14. The first kappa shape index (κ1) is 19.4. The van der Waals surface area contributed by atoms with Crippen LogP contribution in [0.3, 0.4) is 0 Å². The zero-order valence-corrected chi connectivity index (χ0v) is 16.3. The van der Waals surface area contributed by atoms with E-state index in [1.54, 1.807) is 0 Å². The summed E-state index contributed by atoms with van der Waals surface area (Å²) in [5.74, 6) is 0.830. The fourth-order valence-corrected chi connectivity index (χ4v) is 2.99. The largest absolute Gasteiger partial charge is 0.492 e. The van der Waals surface area contributed by atoms with Crippen molar-refractivity contribution in [2.24, 2.45) is 0 Å². The van der Waals surface area contributed by atoms with Crippen LogP contribution >= 0.6 is 0 Å². The van der Waals surface area contributed by atoms with Gasteiger partial charge < -0.3 is 9.64 Å². The molecule has 28 heavy (non-hydrogen) atoms. The van der Waals surface area contributed by atoms with Crippen molar-refractivity contribution in [2.75, 3.05) is 27.2 Å². The van der Waals surface area contributed by atoms with E-state index in [0.29, 0.717) is 12.2 Å². The van der Waals surface area contributed by atoms with E-state index < -0.39 is 0 Å². The molecule has 3 rings (SSSR count). The molecule has 0 aliphatic carbocycles. The minimum Gasteiger partial charge on any atom is -0.492 e. The number of nitriles is 1. The first-order chi connectivity index (χ1) is 13.7. The molecule has 0 spiro atoms. The van der Waals surface area contributed by atoms with E-state index in [1.165, 1.54) is 0 Å². The van der Waals surface area contributed by atoms with Gasteiger partial charge in [0.05, 0.1) is 5.57 Å². The first-order valence-corrected chi connectivity index (χ1v) is 9.32. The quantitative estimate of drug-likeness (QED) is 0.429. The normalized spacial score (nSPS) is 11.6. The molecule has 0 saturated heterocycles. The van der Waals surface area contributed by atoms with E-state index in [1.807, 2.05) is 99.0 Å². The Hall–Kier alpha value is -3.35. The van der Waals surface area contributed by atoms with E-state index in [2.05, 4.69) is 11.0 Å². The number of allylic oxidation sites excluding steroid dienone is 1. The summed E-state index contributed by atoms with van der Waals surface area (Å²) in [5, 5.41) is 9.96. The Morgan fingerprint density at radius 1 is 0.786 bits per heavy atom. The second kappa shape index (κ2) is 9.55. The molecule has 140 valence electrons. The number of ether oxygens (including phenoxy) is 1. The SMILES string of the molecule is CN(C)CCOc1ccc(/C(=C(/C#N)c2ccccc2)c2ccccc2)cc1. The molecule has 0 unspecified atom stereocenters. The topological polar surface area (TPSA) is 36.3 Å². The highest BCUT2D eigenvalue weighted by Gasteiger charge is 2.14. The second-order valence-corrected chi connectivity index (χ2v) is 6.77. The summed E-state index contributed by atoms with van der Waals surface area (Å²) in [4.78, 5) is 2.09. The molecule has 0 radical (unpaired) electrons. The third-order valence-electron chi connectivity index (χ3n) is 4.44. The molecule has 0 fully saturated rings. The Labute approximate surface area is 167 Å². The van der Waals surface area contributed by atoms with Crippen LogP contribution in [0.1, 0.15) is 16.7 Å². The second-order valence-electron chi connectivity index (χ2n) is 6.77. The molecule has 0 aromatic heterocycles. The van der Waals surface area contributed by atoms with Gasteiger partial charge in [0.15, 0.2) is 0 Å². The van der Waals surface area contributed by atoms with Gasteiger partial charge in [0.2, 0.25) is 0 Å². The van der Waals surface area contributed by atoms with Crippen molar-refractivity contribution < 1.29 is 4.74 Å². The fraction of sp³-hybridized carbons (Fsp3) is 0.160. The standard InChI is InChI=1S/C25H24N2O/c1-27(2)17-18-28-23-15-13-22(14-16-23)25(21-11-7-4-8-12-21)24(19-26)20-9-5-3-6-10-20/h3-16H,17-18H2,1-2H3/b25-24-. The lowest BCUT2D eigenvalue weighted by Crippen LogP contribution is -2.19. The van der Waals surface area contributed by atoms with Crippen molar-refractivity contribution >= 4 is 11.1 Å². The molecule has 0 amide bonds. The Balaban J connectivity index is 2.01. The molecular weight excluding hydrogens is 344 g/mol. The smallest absolute Gasteiger partial charge is 0.119 e. The van der Waals surface area contributed by atoms with Crippen LogP contribution in [0.5, 0.6) is 5.75 Å². The molecule has 0 heterocycles. The molecule has 0 bridgehead atoms. The highest BCUT2D eigenvalue weighted by atomic mass is 16.5. The minimum absolute atomic E-state index is 0.640. The van der Waals surface area contributed by atoms with Crippen LogP contribution in [-0.4, -0.2) is 32.1 Å². The summed E-state index contributed by atoms with van der Waals surface area (Å²) in [7, 11) is 4.05. The van der Waals surface area contributed by atoms with Crippen LogP contribution in [0.15, 0.2) is 84.9 Å². The number of benzene rings is 3. The Bertz CT molecular complexity index is 953. The van der Waals surface area contributed by atoms with Gasteiger partial charge in [0.25, 0.3) is 0 Å². The zero-order valence-electron chi connectivity index (χ0n) is 16.3. The van der Waals surface area contributed by atoms with Crippen molar-refractivity contribution in [1.82, 2.24) is 4.90 Å². The Morgan fingerprint density at radius 2 is 1.32 bits per heavy atom. The average molecular weight is 368 g/mol. The van der Waals surface area contributed by atoms with Gasteiger partial charge in [-0.15, -0.1) is 0 Å². The van der Waals surface area contributed by atoms with Crippen LogP contribution in [0.4, 0.5) is 0 Å². The predicted octanol–water partition coefficient (Wildman–Crippen LogP) is 5.11. The fourth-order valence-electron chi connectivity index (χ4n) is 2.99. The van der Waals surface area contributed by atoms with E-state index >= 15 is 0 Å². The molecule has 0 saturated carbocycles. The van der Waals surface area contributed by atoms with Crippen LogP contribution in [0.25, 0.3) is 11.1 Å². The first-order valence-electron chi connectivity index (χ1n) is 9.32. The summed E-state index contributed by atoms with van der Waals surface area (Å²) < 4.78 is 5.81. The highest BCUT2D eigenvalue weighted by molar-refractivity contribution is 6.03. The number of hydrogen-bond donors (Lipinski definition) is 0. The lowest BCUT2D eigenvalue weighted by molar-refractivity contribution is 0.261. The average Bonchev–Trinajstić information content (AvgIpc) is 2.73. The molecule has 3 nitrogen and oxygen atoms in total. The third-order valence-corrected chi connectivity index (χ3v) is 4.44. The molecule has 3 heteroatoms. The van der Waals surface area contributed by atoms with Crippen molar-refractivity contribution in [3.63, 3.8) is 0 Å². The van der Waals surface area contributed by atoms with E-state index in [9.17, 15) is 5.26 Å². The van der Waals surface area contributed by atoms with Crippen molar-refractivity contribution in [3.8, 4) is 11.8 Å². The predicted molar refractivity (Wildman–Crippen MR) is 115 cm³/mol. The van der Waals surface area contributed by atoms with Crippen LogP contribution in [0, 0.1) is 11.3 Å². The Morgan fingerprint density at radius 3 is 1.86 bits per heavy atom. The molecule has 0 aliphatic heterocycles.